The second kappa shape index (κ2) is 8.03. The number of methoxy groups -OCH3 is 1. The molecule has 2 aromatic rings. The fourth-order valence-electron chi connectivity index (χ4n) is 3.13. The number of carbonyl (C=O) groups excluding carboxylic acids is 3. The van der Waals surface area contributed by atoms with Crippen molar-refractivity contribution in [3.8, 4) is 5.75 Å². The van der Waals surface area contributed by atoms with Crippen LogP contribution in [0.1, 0.15) is 48.1 Å². The summed E-state index contributed by atoms with van der Waals surface area (Å²) in [6, 6.07) is 14.0. The number of carbonyl (C=O) groups is 3. The summed E-state index contributed by atoms with van der Waals surface area (Å²) >= 11 is 0. The SMILES string of the molecule is CCC(NC(=O)c1ccc(N2C(=O)CCC2=O)cc1)c1ccc(OC)cc1. The summed E-state index contributed by atoms with van der Waals surface area (Å²) in [5.41, 5.74) is 1.97. The van der Waals surface area contributed by atoms with E-state index in [0.717, 1.165) is 17.7 Å². The van der Waals surface area contributed by atoms with E-state index < -0.39 is 0 Å². The summed E-state index contributed by atoms with van der Waals surface area (Å²) in [5.74, 6) is 0.148. The number of hydrogen-bond donors (Lipinski definition) is 1. The molecule has 0 radical (unpaired) electrons. The van der Waals surface area contributed by atoms with Crippen LogP contribution in [0.3, 0.4) is 0 Å². The molecule has 27 heavy (non-hydrogen) atoms. The Hall–Kier alpha value is -3.15. The van der Waals surface area contributed by atoms with Crippen LogP contribution in [0.15, 0.2) is 48.5 Å². The van der Waals surface area contributed by atoms with Crippen molar-refractivity contribution in [2.45, 2.75) is 32.2 Å². The van der Waals surface area contributed by atoms with Crippen molar-refractivity contribution in [2.24, 2.45) is 0 Å². The molecule has 6 nitrogen and oxygen atoms in total. The number of hydrogen-bond acceptors (Lipinski definition) is 4. The number of amides is 3. The van der Waals surface area contributed by atoms with Gasteiger partial charge in [0.25, 0.3) is 5.91 Å². The van der Waals surface area contributed by atoms with Gasteiger partial charge in [-0.1, -0.05) is 19.1 Å². The van der Waals surface area contributed by atoms with E-state index in [2.05, 4.69) is 5.32 Å². The third-order valence-electron chi connectivity index (χ3n) is 4.67. The van der Waals surface area contributed by atoms with Gasteiger partial charge in [-0.2, -0.15) is 0 Å². The predicted molar refractivity (Wildman–Crippen MR) is 102 cm³/mol. The predicted octanol–water partition coefficient (Wildman–Crippen LogP) is 3.23. The summed E-state index contributed by atoms with van der Waals surface area (Å²) in [4.78, 5) is 37.4. The Bertz CT molecular complexity index is 827. The van der Waals surface area contributed by atoms with Gasteiger partial charge in [0.05, 0.1) is 18.8 Å². The average molecular weight is 366 g/mol. The maximum atomic E-state index is 12.6. The number of rotatable bonds is 6. The molecule has 3 amide bonds. The third kappa shape index (κ3) is 4.00. The summed E-state index contributed by atoms with van der Waals surface area (Å²) in [7, 11) is 1.61. The fourth-order valence-corrected chi connectivity index (χ4v) is 3.13. The molecule has 0 bridgehead atoms. The highest BCUT2D eigenvalue weighted by molar-refractivity contribution is 6.19. The van der Waals surface area contributed by atoms with Crippen LogP contribution >= 0.6 is 0 Å². The Morgan fingerprint density at radius 2 is 1.63 bits per heavy atom. The largest absolute Gasteiger partial charge is 0.497 e. The highest BCUT2D eigenvalue weighted by atomic mass is 16.5. The van der Waals surface area contributed by atoms with Crippen LogP contribution in [-0.2, 0) is 9.59 Å². The van der Waals surface area contributed by atoms with Gasteiger partial charge in [-0.05, 0) is 48.4 Å². The lowest BCUT2D eigenvalue weighted by molar-refractivity contribution is -0.121. The average Bonchev–Trinajstić information content (AvgIpc) is 3.04. The van der Waals surface area contributed by atoms with Gasteiger partial charge in [-0.3, -0.25) is 19.3 Å². The highest BCUT2D eigenvalue weighted by Crippen LogP contribution is 2.24. The number of ether oxygens (including phenoxy) is 1. The van der Waals surface area contributed by atoms with E-state index in [9.17, 15) is 14.4 Å². The van der Waals surface area contributed by atoms with Crippen LogP contribution in [0, 0.1) is 0 Å². The smallest absolute Gasteiger partial charge is 0.251 e. The summed E-state index contributed by atoms with van der Waals surface area (Å²) in [5, 5.41) is 3.02. The molecule has 1 aliphatic rings. The lowest BCUT2D eigenvalue weighted by Gasteiger charge is -2.18. The van der Waals surface area contributed by atoms with Crippen LogP contribution in [0.25, 0.3) is 0 Å². The molecule has 0 saturated carbocycles. The monoisotopic (exact) mass is 366 g/mol. The van der Waals surface area contributed by atoms with Crippen molar-refractivity contribution in [1.82, 2.24) is 5.32 Å². The van der Waals surface area contributed by atoms with Gasteiger partial charge >= 0.3 is 0 Å². The van der Waals surface area contributed by atoms with Crippen LogP contribution in [0.2, 0.25) is 0 Å². The van der Waals surface area contributed by atoms with Crippen molar-refractivity contribution in [3.63, 3.8) is 0 Å². The maximum absolute atomic E-state index is 12.6. The molecule has 1 aliphatic heterocycles. The lowest BCUT2D eigenvalue weighted by Crippen LogP contribution is -2.29. The fraction of sp³-hybridized carbons (Fsp3) is 0.286. The minimum absolute atomic E-state index is 0.121. The minimum atomic E-state index is -0.206. The molecule has 1 saturated heterocycles. The molecular weight excluding hydrogens is 344 g/mol. The maximum Gasteiger partial charge on any atom is 0.251 e. The van der Waals surface area contributed by atoms with Gasteiger partial charge in [0.1, 0.15) is 5.75 Å². The standard InChI is InChI=1S/C21H22N2O4/c1-3-18(14-6-10-17(27-2)11-7-14)22-21(26)15-4-8-16(9-5-15)23-19(24)12-13-20(23)25/h4-11,18H,3,12-13H2,1-2H3,(H,22,26). The topological polar surface area (TPSA) is 75.7 Å². The molecular formula is C21H22N2O4. The van der Waals surface area contributed by atoms with Gasteiger partial charge in [-0.25, -0.2) is 0 Å². The number of benzene rings is 2. The second-order valence-corrected chi connectivity index (χ2v) is 6.38. The first-order valence-electron chi connectivity index (χ1n) is 8.94. The van der Waals surface area contributed by atoms with Crippen LogP contribution < -0.4 is 15.0 Å². The molecule has 1 unspecified atom stereocenters. The molecule has 1 fully saturated rings. The summed E-state index contributed by atoms with van der Waals surface area (Å²) in [6.45, 7) is 2.00. The van der Waals surface area contributed by atoms with E-state index in [-0.39, 0.29) is 36.6 Å². The minimum Gasteiger partial charge on any atom is -0.497 e. The Kier molecular flexibility index (Phi) is 5.54. The van der Waals surface area contributed by atoms with E-state index in [0.29, 0.717) is 11.3 Å². The first kappa shape index (κ1) is 18.6. The zero-order valence-corrected chi connectivity index (χ0v) is 15.4. The molecule has 0 spiro atoms. The molecule has 6 heteroatoms. The molecule has 1 N–H and O–H groups in total. The molecule has 140 valence electrons. The molecule has 2 aromatic carbocycles. The van der Waals surface area contributed by atoms with Gasteiger partial charge in [0.15, 0.2) is 0 Å². The molecule has 0 aliphatic carbocycles. The number of imide groups is 1. The zero-order chi connectivity index (χ0) is 19.4. The lowest BCUT2D eigenvalue weighted by atomic mass is 10.0. The van der Waals surface area contributed by atoms with Crippen LogP contribution in [0.5, 0.6) is 5.75 Å². The van der Waals surface area contributed by atoms with Gasteiger partial charge in [-0.15, -0.1) is 0 Å². The van der Waals surface area contributed by atoms with E-state index in [1.54, 1.807) is 31.4 Å². The van der Waals surface area contributed by atoms with Crippen LogP contribution in [-0.4, -0.2) is 24.8 Å². The van der Waals surface area contributed by atoms with Crippen molar-refractivity contribution in [3.05, 3.63) is 59.7 Å². The number of nitrogens with zero attached hydrogens (tertiary/aromatic N) is 1. The number of anilines is 1. The van der Waals surface area contributed by atoms with Crippen molar-refractivity contribution in [1.29, 1.82) is 0 Å². The number of nitrogens with one attached hydrogen (secondary N) is 1. The van der Waals surface area contributed by atoms with Crippen molar-refractivity contribution < 1.29 is 19.1 Å². The van der Waals surface area contributed by atoms with Crippen molar-refractivity contribution >= 4 is 23.4 Å². The van der Waals surface area contributed by atoms with Crippen LogP contribution in [0.4, 0.5) is 5.69 Å². The third-order valence-corrected chi connectivity index (χ3v) is 4.67. The van der Waals surface area contributed by atoms with E-state index >= 15 is 0 Å². The highest BCUT2D eigenvalue weighted by Gasteiger charge is 2.30. The Morgan fingerprint density at radius 3 is 2.15 bits per heavy atom. The second-order valence-electron chi connectivity index (χ2n) is 6.38. The van der Waals surface area contributed by atoms with E-state index in [1.807, 2.05) is 31.2 Å². The molecule has 0 aromatic heterocycles. The Morgan fingerprint density at radius 1 is 1.04 bits per heavy atom. The summed E-state index contributed by atoms with van der Waals surface area (Å²) in [6.07, 6.45) is 1.22. The Balaban J connectivity index is 1.71. The van der Waals surface area contributed by atoms with E-state index in [4.69, 9.17) is 4.74 Å². The van der Waals surface area contributed by atoms with Gasteiger partial charge in [0.2, 0.25) is 11.8 Å². The van der Waals surface area contributed by atoms with Crippen molar-refractivity contribution in [2.75, 3.05) is 12.0 Å². The first-order chi connectivity index (χ1) is 13.0. The molecule has 3 rings (SSSR count). The normalized spacial score (nSPS) is 15.0. The zero-order valence-electron chi connectivity index (χ0n) is 15.4. The molecule has 1 heterocycles. The van der Waals surface area contributed by atoms with Gasteiger partial charge in [0, 0.05) is 18.4 Å². The Labute approximate surface area is 158 Å². The molecule has 1 atom stereocenters. The quantitative estimate of drug-likeness (QED) is 0.797. The van der Waals surface area contributed by atoms with Gasteiger partial charge < -0.3 is 10.1 Å². The first-order valence-corrected chi connectivity index (χ1v) is 8.94. The summed E-state index contributed by atoms with van der Waals surface area (Å²) < 4.78 is 5.16. The van der Waals surface area contributed by atoms with E-state index in [1.165, 1.54) is 4.90 Å².